The van der Waals surface area contributed by atoms with Gasteiger partial charge < -0.3 is 49.7 Å². The number of hydrogen-bond acceptors (Lipinski definition) is 3. The highest BCUT2D eigenvalue weighted by Gasteiger charge is 2.20. The van der Waals surface area contributed by atoms with Crippen LogP contribution < -0.4 is 53.7 Å². The standard InChI is InChI=1S/C34H28N4O.2BrH/c39-34-26-6-5-7-27(34)23-38-19-17-31(29-9-2-4-11-33(29)38)36-21-25-14-12-24(13-15-25)20-35-30-16-18-37(22-26)32-10-3-1-8-28(30)32;;/h1-19,39H,20-23H2;2*1H. The zero-order valence-electron chi connectivity index (χ0n) is 22.4. The molecule has 2 aromatic heterocycles. The van der Waals surface area contributed by atoms with Crippen molar-refractivity contribution in [3.63, 3.8) is 0 Å². The number of hydrogen-bond donors (Lipinski definition) is 3. The quantitative estimate of drug-likeness (QED) is 0.199. The van der Waals surface area contributed by atoms with E-state index in [2.05, 4.69) is 117 Å². The number of pyridine rings is 2. The van der Waals surface area contributed by atoms with Crippen LogP contribution in [0.3, 0.4) is 0 Å². The van der Waals surface area contributed by atoms with E-state index < -0.39 is 0 Å². The molecule has 7 heteroatoms. The molecule has 0 atom stereocenters. The lowest BCUT2D eigenvalue weighted by molar-refractivity contribution is -0.663. The monoisotopic (exact) mass is 668 g/mol. The van der Waals surface area contributed by atoms with E-state index in [-0.39, 0.29) is 34.0 Å². The topological polar surface area (TPSA) is 52.1 Å². The van der Waals surface area contributed by atoms with Gasteiger partial charge in [-0.1, -0.05) is 54.6 Å². The fourth-order valence-corrected chi connectivity index (χ4v) is 5.59. The largest absolute Gasteiger partial charge is 1.00 e. The van der Waals surface area contributed by atoms with Gasteiger partial charge in [-0.25, -0.2) is 0 Å². The molecule has 0 saturated heterocycles. The van der Waals surface area contributed by atoms with Crippen LogP contribution in [0.2, 0.25) is 0 Å². The first-order valence-electron chi connectivity index (χ1n) is 13.4. The number of halogens is 2. The molecule has 41 heavy (non-hydrogen) atoms. The second-order valence-corrected chi connectivity index (χ2v) is 10.2. The molecule has 0 amide bonds. The third kappa shape index (κ3) is 5.65. The molecule has 206 valence electrons. The second kappa shape index (κ2) is 12.3. The van der Waals surface area contributed by atoms with Crippen molar-refractivity contribution in [1.29, 1.82) is 0 Å². The number of phenolic OH excluding ortho intramolecular Hbond substituents is 1. The van der Waals surface area contributed by atoms with Gasteiger partial charge in [0.2, 0.25) is 11.0 Å². The van der Waals surface area contributed by atoms with Gasteiger partial charge in [-0.3, -0.25) is 0 Å². The predicted molar refractivity (Wildman–Crippen MR) is 156 cm³/mol. The van der Waals surface area contributed by atoms with Gasteiger partial charge in [-0.15, -0.1) is 0 Å². The average molecular weight is 670 g/mol. The van der Waals surface area contributed by atoms with E-state index >= 15 is 0 Å². The molecule has 5 nitrogen and oxygen atoms in total. The third-order valence-corrected chi connectivity index (χ3v) is 7.72. The van der Waals surface area contributed by atoms with Crippen molar-refractivity contribution in [1.82, 2.24) is 0 Å². The Hall–Kier alpha value is -3.94. The smallest absolute Gasteiger partial charge is 0.214 e. The summed E-state index contributed by atoms with van der Waals surface area (Å²) in [6.07, 6.45) is 4.21. The number of para-hydroxylation sites is 3. The van der Waals surface area contributed by atoms with Crippen LogP contribution in [0, 0.1) is 0 Å². The molecule has 0 aliphatic carbocycles. The third-order valence-electron chi connectivity index (χ3n) is 7.72. The van der Waals surface area contributed by atoms with Crippen molar-refractivity contribution in [3.05, 3.63) is 138 Å². The van der Waals surface area contributed by atoms with Crippen LogP contribution in [-0.2, 0) is 26.2 Å². The van der Waals surface area contributed by atoms with Crippen LogP contribution >= 0.6 is 0 Å². The number of rotatable bonds is 0. The fourth-order valence-electron chi connectivity index (χ4n) is 5.59. The summed E-state index contributed by atoms with van der Waals surface area (Å²) in [7, 11) is 0. The summed E-state index contributed by atoms with van der Waals surface area (Å²) in [5.41, 5.74) is 8.71. The van der Waals surface area contributed by atoms with E-state index in [1.807, 2.05) is 18.2 Å². The summed E-state index contributed by atoms with van der Waals surface area (Å²) in [5.74, 6) is 0.350. The first kappa shape index (κ1) is 28.6. The molecular weight excluding hydrogens is 640 g/mol. The van der Waals surface area contributed by atoms with Crippen molar-refractivity contribution in [2.24, 2.45) is 0 Å². The Kier molecular flexibility index (Phi) is 8.57. The molecule has 0 radical (unpaired) electrons. The first-order chi connectivity index (χ1) is 19.2. The summed E-state index contributed by atoms with van der Waals surface area (Å²) in [4.78, 5) is 0. The van der Waals surface area contributed by atoms with E-state index in [4.69, 9.17) is 0 Å². The number of phenols is 1. The molecule has 9 rings (SSSR count). The number of anilines is 2. The molecule has 0 saturated carbocycles. The Labute approximate surface area is 260 Å². The zero-order valence-corrected chi connectivity index (χ0v) is 25.6. The highest BCUT2D eigenvalue weighted by molar-refractivity contribution is 5.89. The average Bonchev–Trinajstić information content (AvgIpc) is 2.98. The van der Waals surface area contributed by atoms with Gasteiger partial charge >= 0.3 is 0 Å². The van der Waals surface area contributed by atoms with Crippen LogP contribution in [0.15, 0.2) is 116 Å². The Balaban J connectivity index is 0.00000169. The van der Waals surface area contributed by atoms with Crippen molar-refractivity contribution in [2.45, 2.75) is 26.2 Å². The number of fused-ring (bicyclic) bond motifs is 2. The molecule has 0 spiro atoms. The summed E-state index contributed by atoms with van der Waals surface area (Å²) < 4.78 is 4.42. The molecule has 3 aliphatic rings. The molecule has 0 unspecified atom stereocenters. The molecule has 3 aliphatic heterocycles. The SMILES string of the molecule is Oc1c2cccc1C[n+]1ccc(c3ccccc31)NCc1ccc(cc1)CNc1cc[n+](c3ccccc13)C2.[Br-].[Br-]. The maximum absolute atomic E-state index is 11.4. The number of benzene rings is 4. The Bertz CT molecular complexity index is 1710. The second-order valence-electron chi connectivity index (χ2n) is 10.2. The molecule has 6 aromatic rings. The zero-order chi connectivity index (χ0) is 26.2. The summed E-state index contributed by atoms with van der Waals surface area (Å²) >= 11 is 0. The maximum Gasteiger partial charge on any atom is 0.214 e. The summed E-state index contributed by atoms with van der Waals surface area (Å²) in [6, 6.07) is 36.0. The molecule has 4 aromatic carbocycles. The number of aromatic nitrogens is 2. The Morgan fingerprint density at radius 1 is 0.512 bits per heavy atom. The summed E-state index contributed by atoms with van der Waals surface area (Å²) in [6.45, 7) is 2.65. The van der Waals surface area contributed by atoms with E-state index in [1.54, 1.807) is 0 Å². The molecule has 8 bridgehead atoms. The van der Waals surface area contributed by atoms with E-state index in [0.29, 0.717) is 18.8 Å². The van der Waals surface area contributed by atoms with Gasteiger partial charge in [0.15, 0.2) is 25.5 Å². The molecule has 3 N–H and O–H groups in total. The minimum absolute atomic E-state index is 0. The van der Waals surface area contributed by atoms with Gasteiger partial charge in [0.25, 0.3) is 0 Å². The minimum Gasteiger partial charge on any atom is -1.00 e. The number of nitrogens with one attached hydrogen (secondary N) is 2. The van der Waals surface area contributed by atoms with Gasteiger partial charge in [-0.2, -0.15) is 9.13 Å². The van der Waals surface area contributed by atoms with E-state index in [9.17, 15) is 5.11 Å². The lowest BCUT2D eigenvalue weighted by atomic mass is 10.1. The number of aromatic hydroxyl groups is 1. The number of nitrogens with zero attached hydrogens (tertiary/aromatic N) is 2. The first-order valence-corrected chi connectivity index (χ1v) is 13.4. The van der Waals surface area contributed by atoms with Gasteiger partial charge in [0.05, 0.1) is 33.3 Å². The predicted octanol–water partition coefficient (Wildman–Crippen LogP) is -0.0842. The molecule has 0 fully saturated rings. The fraction of sp³-hybridized carbons (Fsp3) is 0.118. The highest BCUT2D eigenvalue weighted by Crippen LogP contribution is 2.27. The minimum atomic E-state index is 0. The van der Waals surface area contributed by atoms with Crippen LogP contribution in [0.5, 0.6) is 5.75 Å². The lowest BCUT2D eigenvalue weighted by Gasteiger charge is -2.11. The van der Waals surface area contributed by atoms with Gasteiger partial charge in [0, 0.05) is 37.4 Å². The van der Waals surface area contributed by atoms with Crippen molar-refractivity contribution in [2.75, 3.05) is 10.6 Å². The Morgan fingerprint density at radius 3 is 1.41 bits per heavy atom. The molecular formula is C34H30Br2N4O. The van der Waals surface area contributed by atoms with Crippen molar-refractivity contribution < 1.29 is 48.2 Å². The van der Waals surface area contributed by atoms with E-state index in [1.165, 1.54) is 11.1 Å². The normalized spacial score (nSPS) is 12.6. The molecule has 5 heterocycles. The lowest BCUT2D eigenvalue weighted by Crippen LogP contribution is -3.00. The van der Waals surface area contributed by atoms with E-state index in [0.717, 1.165) is 57.4 Å². The van der Waals surface area contributed by atoms with Crippen molar-refractivity contribution >= 4 is 33.2 Å². The van der Waals surface area contributed by atoms with Crippen molar-refractivity contribution in [3.8, 4) is 5.75 Å². The van der Waals surface area contributed by atoms with Crippen LogP contribution in [-0.4, -0.2) is 5.11 Å². The van der Waals surface area contributed by atoms with Crippen LogP contribution in [0.25, 0.3) is 21.8 Å². The van der Waals surface area contributed by atoms with Crippen LogP contribution in [0.1, 0.15) is 22.3 Å². The van der Waals surface area contributed by atoms with Gasteiger partial charge in [0.1, 0.15) is 5.75 Å². The highest BCUT2D eigenvalue weighted by atomic mass is 79.9. The maximum atomic E-state index is 11.4. The Morgan fingerprint density at radius 2 is 0.951 bits per heavy atom. The van der Waals surface area contributed by atoms with Crippen LogP contribution in [0.4, 0.5) is 11.4 Å². The summed E-state index contributed by atoms with van der Waals surface area (Å²) in [5, 5.41) is 21.0. The van der Waals surface area contributed by atoms with Gasteiger partial charge in [-0.05, 0) is 35.4 Å².